The van der Waals surface area contributed by atoms with Gasteiger partial charge in [0.2, 0.25) is 0 Å². The highest BCUT2D eigenvalue weighted by Gasteiger charge is 2.26. The second kappa shape index (κ2) is 14.9. The van der Waals surface area contributed by atoms with Gasteiger partial charge >= 0.3 is 0 Å². The molecule has 2 saturated heterocycles. The van der Waals surface area contributed by atoms with Crippen molar-refractivity contribution in [2.75, 3.05) is 91.0 Å². The quantitative estimate of drug-likeness (QED) is 0.366. The molecule has 12 nitrogen and oxygen atoms in total. The molecule has 3 amide bonds. The average Bonchev–Trinajstić information content (AvgIpc) is 3.40. The molecule has 0 radical (unpaired) electrons. The first-order valence-corrected chi connectivity index (χ1v) is 15.3. The Morgan fingerprint density at radius 3 is 1.78 bits per heavy atom. The minimum Gasteiger partial charge on any atom is -0.493 e. The van der Waals surface area contributed by atoms with Crippen LogP contribution >= 0.6 is 0 Å². The third kappa shape index (κ3) is 7.12. The molecule has 2 aliphatic rings. The molecule has 0 unspecified atom stereocenters. The van der Waals surface area contributed by atoms with Crippen molar-refractivity contribution in [1.29, 1.82) is 0 Å². The van der Waals surface area contributed by atoms with Gasteiger partial charge in [-0.15, -0.1) is 0 Å². The summed E-state index contributed by atoms with van der Waals surface area (Å²) >= 11 is 0. The molecule has 46 heavy (non-hydrogen) atoms. The van der Waals surface area contributed by atoms with Gasteiger partial charge in [0.1, 0.15) is 0 Å². The van der Waals surface area contributed by atoms with E-state index in [1.54, 1.807) is 54.5 Å². The second-order valence-corrected chi connectivity index (χ2v) is 11.0. The Balaban J connectivity index is 1.38. The van der Waals surface area contributed by atoms with Crippen LogP contribution in [0.15, 0.2) is 54.6 Å². The van der Waals surface area contributed by atoms with E-state index in [0.717, 1.165) is 25.2 Å². The van der Waals surface area contributed by atoms with Gasteiger partial charge in [0.15, 0.2) is 23.0 Å². The largest absolute Gasteiger partial charge is 0.493 e. The predicted octanol–water partition coefficient (Wildman–Crippen LogP) is 3.37. The fraction of sp³-hybridized carbons (Fsp3) is 0.382. The number of benzene rings is 3. The normalized spacial score (nSPS) is 15.1. The van der Waals surface area contributed by atoms with Gasteiger partial charge < -0.3 is 44.3 Å². The smallest absolute Gasteiger partial charge is 0.255 e. The van der Waals surface area contributed by atoms with Crippen LogP contribution in [0, 0.1) is 0 Å². The molecule has 5 rings (SSSR count). The van der Waals surface area contributed by atoms with E-state index in [1.807, 2.05) is 17.0 Å². The van der Waals surface area contributed by atoms with Crippen molar-refractivity contribution in [1.82, 2.24) is 15.1 Å². The first-order chi connectivity index (χ1) is 22.4. The maximum absolute atomic E-state index is 13.5. The number of nitrogens with zero attached hydrogens (tertiary/aromatic N) is 3. The number of rotatable bonds is 9. The van der Waals surface area contributed by atoms with Gasteiger partial charge in [-0.1, -0.05) is 0 Å². The van der Waals surface area contributed by atoms with Gasteiger partial charge in [0.05, 0.1) is 39.8 Å². The Labute approximate surface area is 269 Å². The number of piperazine rings is 1. The van der Waals surface area contributed by atoms with Crippen LogP contribution in [0.5, 0.6) is 23.0 Å². The number of carbonyl (C=O) groups excluding carboxylic acids is 3. The topological polar surface area (TPSA) is 122 Å². The summed E-state index contributed by atoms with van der Waals surface area (Å²) in [7, 11) is 6.14. The monoisotopic (exact) mass is 631 g/mol. The standard InChI is InChI=1S/C34H41N5O7/c1-43-28-10-7-23(21-30(28)45-3)32(40)36-26-20-24(33(41)38-14-5-12-35-13-15-38)6-9-27(26)37-16-18-39(19-17-37)34(42)25-8-11-29(44-2)31(22-25)46-4/h6-11,20-22,35H,5,12-19H2,1-4H3,(H,36,40). The van der Waals surface area contributed by atoms with Crippen molar-refractivity contribution in [2.24, 2.45) is 0 Å². The van der Waals surface area contributed by atoms with E-state index in [-0.39, 0.29) is 17.7 Å². The van der Waals surface area contributed by atoms with E-state index >= 15 is 0 Å². The van der Waals surface area contributed by atoms with Crippen molar-refractivity contribution in [3.8, 4) is 23.0 Å². The van der Waals surface area contributed by atoms with E-state index < -0.39 is 0 Å². The third-order valence-corrected chi connectivity index (χ3v) is 8.30. The Kier molecular flexibility index (Phi) is 10.5. The van der Waals surface area contributed by atoms with E-state index in [1.165, 1.54) is 21.3 Å². The van der Waals surface area contributed by atoms with Crippen molar-refractivity contribution in [3.05, 3.63) is 71.3 Å². The highest BCUT2D eigenvalue weighted by molar-refractivity contribution is 6.07. The maximum atomic E-state index is 13.5. The molecule has 0 atom stereocenters. The molecule has 3 aromatic rings. The van der Waals surface area contributed by atoms with Crippen LogP contribution in [0.4, 0.5) is 11.4 Å². The van der Waals surface area contributed by atoms with Crippen LogP contribution in [0.2, 0.25) is 0 Å². The highest BCUT2D eigenvalue weighted by atomic mass is 16.5. The van der Waals surface area contributed by atoms with Crippen LogP contribution < -0.4 is 34.5 Å². The summed E-state index contributed by atoms with van der Waals surface area (Å²) < 4.78 is 21.4. The van der Waals surface area contributed by atoms with Crippen molar-refractivity contribution >= 4 is 29.1 Å². The van der Waals surface area contributed by atoms with E-state index in [0.29, 0.717) is 84.6 Å². The van der Waals surface area contributed by atoms with Crippen molar-refractivity contribution < 1.29 is 33.3 Å². The van der Waals surface area contributed by atoms with E-state index in [9.17, 15) is 14.4 Å². The van der Waals surface area contributed by atoms with Gasteiger partial charge in [0, 0.05) is 62.5 Å². The molecule has 0 aromatic heterocycles. The molecule has 3 aromatic carbocycles. The second-order valence-electron chi connectivity index (χ2n) is 11.0. The summed E-state index contributed by atoms with van der Waals surface area (Å²) in [5, 5.41) is 6.37. The lowest BCUT2D eigenvalue weighted by Gasteiger charge is -2.37. The lowest BCUT2D eigenvalue weighted by molar-refractivity contribution is 0.0743. The summed E-state index contributed by atoms with van der Waals surface area (Å²) in [5.74, 6) is 1.46. The summed E-state index contributed by atoms with van der Waals surface area (Å²) in [4.78, 5) is 46.2. The number of nitrogens with one attached hydrogen (secondary N) is 2. The molecular formula is C34H41N5O7. The fourth-order valence-electron chi connectivity index (χ4n) is 5.75. The zero-order valence-corrected chi connectivity index (χ0v) is 26.8. The average molecular weight is 632 g/mol. The number of anilines is 2. The Morgan fingerprint density at radius 2 is 1.15 bits per heavy atom. The van der Waals surface area contributed by atoms with Gasteiger partial charge in [-0.25, -0.2) is 0 Å². The number of amides is 3. The minimum atomic E-state index is -0.354. The van der Waals surface area contributed by atoms with Gasteiger partial charge in [-0.2, -0.15) is 0 Å². The van der Waals surface area contributed by atoms with Crippen molar-refractivity contribution in [2.45, 2.75) is 6.42 Å². The zero-order valence-electron chi connectivity index (χ0n) is 26.8. The van der Waals surface area contributed by atoms with E-state index in [2.05, 4.69) is 15.5 Å². The molecule has 0 saturated carbocycles. The number of carbonyl (C=O) groups is 3. The number of hydrogen-bond donors (Lipinski definition) is 2. The Hall–Kier alpha value is -4.97. The minimum absolute atomic E-state index is 0.0813. The number of ether oxygens (including phenoxy) is 4. The lowest BCUT2D eigenvalue weighted by Crippen LogP contribution is -2.49. The van der Waals surface area contributed by atoms with Crippen LogP contribution in [0.1, 0.15) is 37.5 Å². The molecule has 12 heteroatoms. The highest BCUT2D eigenvalue weighted by Crippen LogP contribution is 2.32. The molecule has 2 N–H and O–H groups in total. The Bertz CT molecular complexity index is 1560. The van der Waals surface area contributed by atoms with E-state index in [4.69, 9.17) is 18.9 Å². The molecular weight excluding hydrogens is 590 g/mol. The molecule has 2 fully saturated rings. The lowest BCUT2D eigenvalue weighted by atomic mass is 10.1. The van der Waals surface area contributed by atoms with Gasteiger partial charge in [-0.3, -0.25) is 14.4 Å². The van der Waals surface area contributed by atoms with Crippen LogP contribution in [-0.2, 0) is 0 Å². The van der Waals surface area contributed by atoms with Crippen LogP contribution in [0.3, 0.4) is 0 Å². The predicted molar refractivity (Wildman–Crippen MR) is 175 cm³/mol. The zero-order chi connectivity index (χ0) is 32.6. The summed E-state index contributed by atoms with van der Waals surface area (Å²) in [6, 6.07) is 15.5. The molecule has 0 spiro atoms. The summed E-state index contributed by atoms with van der Waals surface area (Å²) in [6.45, 7) is 4.89. The molecule has 0 bridgehead atoms. The van der Waals surface area contributed by atoms with Crippen LogP contribution in [-0.4, -0.2) is 108 Å². The van der Waals surface area contributed by atoms with Gasteiger partial charge in [0.25, 0.3) is 17.7 Å². The Morgan fingerprint density at radius 1 is 0.609 bits per heavy atom. The summed E-state index contributed by atoms with van der Waals surface area (Å²) in [6.07, 6.45) is 0.874. The third-order valence-electron chi connectivity index (χ3n) is 8.30. The SMILES string of the molecule is COc1ccc(C(=O)Nc2cc(C(=O)N3CCCNCC3)ccc2N2CCN(C(=O)c3ccc(OC)c(OC)c3)CC2)cc1OC. The fourth-order valence-corrected chi connectivity index (χ4v) is 5.75. The molecule has 2 aliphatic heterocycles. The molecule has 0 aliphatic carbocycles. The maximum Gasteiger partial charge on any atom is 0.255 e. The van der Waals surface area contributed by atoms with Crippen LogP contribution in [0.25, 0.3) is 0 Å². The first-order valence-electron chi connectivity index (χ1n) is 15.3. The first kappa shape index (κ1) is 32.4. The number of hydrogen-bond acceptors (Lipinski definition) is 9. The number of methoxy groups -OCH3 is 4. The van der Waals surface area contributed by atoms with Crippen molar-refractivity contribution in [3.63, 3.8) is 0 Å². The molecule has 2 heterocycles. The van der Waals surface area contributed by atoms with Gasteiger partial charge in [-0.05, 0) is 67.6 Å². The summed E-state index contributed by atoms with van der Waals surface area (Å²) in [5.41, 5.74) is 2.67. The molecule has 244 valence electrons.